The van der Waals surface area contributed by atoms with Crippen molar-refractivity contribution in [2.24, 2.45) is 5.41 Å². The van der Waals surface area contributed by atoms with Crippen LogP contribution in [-0.2, 0) is 11.0 Å². The summed E-state index contributed by atoms with van der Waals surface area (Å²) < 4.78 is 6.60. The predicted octanol–water partition coefficient (Wildman–Crippen LogP) is 6.86. The smallest absolute Gasteiger partial charge is 0.136 e. The van der Waals surface area contributed by atoms with Crippen molar-refractivity contribution in [3.8, 4) is 0 Å². The molecule has 2 nitrogen and oxygen atoms in total. The van der Waals surface area contributed by atoms with Crippen LogP contribution in [0.5, 0.6) is 0 Å². The van der Waals surface area contributed by atoms with E-state index >= 15 is 0 Å². The van der Waals surface area contributed by atoms with Gasteiger partial charge in [-0.15, -0.1) is 0 Å². The molecule has 2 aromatic carbocycles. The summed E-state index contributed by atoms with van der Waals surface area (Å²) in [6.45, 7) is 16.6. The first-order valence-corrected chi connectivity index (χ1v) is 10.1. The summed E-state index contributed by atoms with van der Waals surface area (Å²) in [5.41, 5.74) is 6.37. The van der Waals surface area contributed by atoms with Gasteiger partial charge in [-0.25, -0.2) is 0 Å². The molecule has 3 aromatic rings. The summed E-state index contributed by atoms with van der Waals surface area (Å²) in [6.07, 6.45) is 0. The SMILES string of the molecule is Cc1cccc2c1N1C(C)c3c(oc4ccccc34)C1(C)C(C)(C)C2(C)C. The van der Waals surface area contributed by atoms with Crippen LogP contribution in [0.3, 0.4) is 0 Å². The van der Waals surface area contributed by atoms with E-state index in [1.807, 2.05) is 0 Å². The van der Waals surface area contributed by atoms with Crippen LogP contribution < -0.4 is 4.90 Å². The molecule has 2 atom stereocenters. The monoisotopic (exact) mass is 359 g/mol. The molecule has 27 heavy (non-hydrogen) atoms. The second-order valence-corrected chi connectivity index (χ2v) is 9.68. The highest BCUT2D eigenvalue weighted by Gasteiger charge is 2.65. The van der Waals surface area contributed by atoms with Crippen LogP contribution in [0, 0.1) is 12.3 Å². The Balaban J connectivity index is 1.94. The van der Waals surface area contributed by atoms with Crippen LogP contribution in [0.4, 0.5) is 5.69 Å². The number of furan rings is 1. The number of hydrogen-bond acceptors (Lipinski definition) is 2. The molecule has 2 heteroatoms. The maximum Gasteiger partial charge on any atom is 0.136 e. The molecule has 0 N–H and O–H groups in total. The Morgan fingerprint density at radius 3 is 2.37 bits per heavy atom. The minimum atomic E-state index is -0.205. The van der Waals surface area contributed by atoms with E-state index in [0.29, 0.717) is 0 Å². The highest BCUT2D eigenvalue weighted by Crippen LogP contribution is 2.68. The van der Waals surface area contributed by atoms with E-state index in [1.54, 1.807) is 0 Å². The van der Waals surface area contributed by atoms with Gasteiger partial charge in [-0.2, -0.15) is 0 Å². The molecule has 0 saturated carbocycles. The van der Waals surface area contributed by atoms with Crippen LogP contribution in [0.1, 0.15) is 70.0 Å². The first kappa shape index (κ1) is 16.9. The molecule has 0 aliphatic carbocycles. The van der Waals surface area contributed by atoms with Gasteiger partial charge >= 0.3 is 0 Å². The van der Waals surface area contributed by atoms with Gasteiger partial charge in [-0.05, 0) is 43.4 Å². The summed E-state index contributed by atoms with van der Waals surface area (Å²) in [5.74, 6) is 1.16. The van der Waals surface area contributed by atoms with Gasteiger partial charge in [-0.1, -0.05) is 64.1 Å². The van der Waals surface area contributed by atoms with Gasteiger partial charge in [-0.3, -0.25) is 0 Å². The molecule has 140 valence electrons. The lowest BCUT2D eigenvalue weighted by Crippen LogP contribution is -2.62. The number of hydrogen-bond donors (Lipinski definition) is 0. The molecule has 5 rings (SSSR count). The molecular formula is C25H29NO. The third-order valence-electron chi connectivity index (χ3n) is 8.29. The van der Waals surface area contributed by atoms with E-state index in [2.05, 4.69) is 95.8 Å². The number of fused-ring (bicyclic) bond motifs is 7. The third kappa shape index (κ3) is 1.65. The topological polar surface area (TPSA) is 16.4 Å². The molecule has 0 fully saturated rings. The molecule has 0 spiro atoms. The lowest BCUT2D eigenvalue weighted by atomic mass is 9.52. The maximum absolute atomic E-state index is 6.60. The van der Waals surface area contributed by atoms with Crippen molar-refractivity contribution < 1.29 is 4.42 Å². The van der Waals surface area contributed by atoms with Gasteiger partial charge in [0.25, 0.3) is 0 Å². The van der Waals surface area contributed by atoms with Gasteiger partial charge in [0.05, 0.1) is 6.04 Å². The van der Waals surface area contributed by atoms with Gasteiger partial charge < -0.3 is 9.32 Å². The number of benzene rings is 2. The van der Waals surface area contributed by atoms with Crippen molar-refractivity contribution in [2.45, 2.75) is 65.5 Å². The Bertz CT molecular complexity index is 1090. The average molecular weight is 360 g/mol. The molecule has 0 radical (unpaired) electrons. The second-order valence-electron chi connectivity index (χ2n) is 9.68. The molecule has 2 aliphatic rings. The highest BCUT2D eigenvalue weighted by molar-refractivity contribution is 5.87. The molecule has 3 heterocycles. The number of rotatable bonds is 0. The Kier molecular flexibility index (Phi) is 3.00. The van der Waals surface area contributed by atoms with Crippen molar-refractivity contribution in [3.63, 3.8) is 0 Å². The molecular weight excluding hydrogens is 330 g/mol. The number of para-hydroxylation sites is 2. The highest BCUT2D eigenvalue weighted by atomic mass is 16.3. The number of nitrogens with zero attached hydrogens (tertiary/aromatic N) is 1. The molecule has 0 bridgehead atoms. The van der Waals surface area contributed by atoms with E-state index in [1.165, 1.54) is 27.8 Å². The lowest BCUT2D eigenvalue weighted by Gasteiger charge is -2.61. The third-order valence-corrected chi connectivity index (χ3v) is 8.29. The minimum Gasteiger partial charge on any atom is -0.458 e. The zero-order valence-electron chi connectivity index (χ0n) is 17.5. The number of anilines is 1. The van der Waals surface area contributed by atoms with Crippen LogP contribution in [0.25, 0.3) is 11.0 Å². The first-order valence-electron chi connectivity index (χ1n) is 10.1. The standard InChI is InChI=1S/C25H29NO/c1-15-11-10-13-18-21(15)26-16(2)20-17-12-8-9-14-19(17)27-22(20)25(26,7)24(5,6)23(18,3)4/h8-14,16H,1-7H3. The summed E-state index contributed by atoms with van der Waals surface area (Å²) >= 11 is 0. The summed E-state index contributed by atoms with van der Waals surface area (Å²) in [4.78, 5) is 2.66. The Hall–Kier alpha value is -2.22. The van der Waals surface area contributed by atoms with Crippen molar-refractivity contribution >= 4 is 16.7 Å². The quantitative estimate of drug-likeness (QED) is 0.436. The van der Waals surface area contributed by atoms with Crippen molar-refractivity contribution in [2.75, 3.05) is 4.90 Å². The summed E-state index contributed by atoms with van der Waals surface area (Å²) in [7, 11) is 0. The van der Waals surface area contributed by atoms with Gasteiger partial charge in [0.2, 0.25) is 0 Å². The van der Waals surface area contributed by atoms with E-state index in [0.717, 1.165) is 11.3 Å². The van der Waals surface area contributed by atoms with Crippen molar-refractivity contribution in [1.29, 1.82) is 0 Å². The Morgan fingerprint density at radius 1 is 0.926 bits per heavy atom. The van der Waals surface area contributed by atoms with Crippen molar-refractivity contribution in [3.05, 3.63) is 64.9 Å². The fourth-order valence-corrected chi connectivity index (χ4v) is 5.90. The zero-order chi connectivity index (χ0) is 19.4. The molecule has 2 unspecified atom stereocenters. The lowest BCUT2D eigenvalue weighted by molar-refractivity contribution is 0.0521. The molecule has 0 amide bonds. The Morgan fingerprint density at radius 2 is 1.63 bits per heavy atom. The fraction of sp³-hybridized carbons (Fsp3) is 0.440. The first-order chi connectivity index (χ1) is 12.6. The van der Waals surface area contributed by atoms with Gasteiger partial charge in [0.15, 0.2) is 0 Å². The average Bonchev–Trinajstić information content (AvgIpc) is 3.10. The van der Waals surface area contributed by atoms with Crippen molar-refractivity contribution in [1.82, 2.24) is 0 Å². The van der Waals surface area contributed by atoms with Gasteiger partial charge in [0.1, 0.15) is 16.9 Å². The second kappa shape index (κ2) is 4.79. The maximum atomic E-state index is 6.60. The van der Waals surface area contributed by atoms with Crippen LogP contribution in [0.15, 0.2) is 46.9 Å². The minimum absolute atomic E-state index is 0.0138. The summed E-state index contributed by atoms with van der Waals surface area (Å²) in [5, 5.41) is 1.26. The zero-order valence-corrected chi connectivity index (χ0v) is 17.5. The van der Waals surface area contributed by atoms with Crippen LogP contribution in [0.2, 0.25) is 0 Å². The van der Waals surface area contributed by atoms with E-state index in [-0.39, 0.29) is 22.4 Å². The van der Waals surface area contributed by atoms with Crippen LogP contribution in [-0.4, -0.2) is 0 Å². The van der Waals surface area contributed by atoms with E-state index in [4.69, 9.17) is 4.42 Å². The molecule has 1 aromatic heterocycles. The predicted molar refractivity (Wildman–Crippen MR) is 112 cm³/mol. The van der Waals surface area contributed by atoms with E-state index in [9.17, 15) is 0 Å². The van der Waals surface area contributed by atoms with E-state index < -0.39 is 0 Å². The Labute approximate surface area is 162 Å². The molecule has 0 saturated heterocycles. The fourth-order valence-electron chi connectivity index (χ4n) is 5.90. The van der Waals surface area contributed by atoms with Crippen LogP contribution >= 0.6 is 0 Å². The number of aryl methyl sites for hydroxylation is 1. The largest absolute Gasteiger partial charge is 0.458 e. The normalized spacial score (nSPS) is 27.4. The molecule has 2 aliphatic heterocycles. The summed E-state index contributed by atoms with van der Waals surface area (Å²) in [6, 6.07) is 15.6. The van der Waals surface area contributed by atoms with Gasteiger partial charge in [0, 0.05) is 22.1 Å².